The van der Waals surface area contributed by atoms with Gasteiger partial charge in [0.15, 0.2) is 0 Å². The Hall–Kier alpha value is -1.87. The van der Waals surface area contributed by atoms with Gasteiger partial charge < -0.3 is 20.1 Å². The van der Waals surface area contributed by atoms with Crippen molar-refractivity contribution in [1.29, 1.82) is 0 Å². The Morgan fingerprint density at radius 1 is 1.32 bits per heavy atom. The normalized spacial score (nSPS) is 20.5. The monoisotopic (exact) mass is 408 g/mol. The Balaban J connectivity index is 1.71. The van der Waals surface area contributed by atoms with Crippen molar-refractivity contribution in [2.45, 2.75) is 32.2 Å². The zero-order valence-electron chi connectivity index (χ0n) is 14.1. The molecule has 2 aliphatic rings. The lowest BCUT2D eigenvalue weighted by Gasteiger charge is -2.23. The maximum Gasteiger partial charge on any atom is 0.257 e. The second kappa shape index (κ2) is 7.17. The molecule has 134 valence electrons. The highest BCUT2D eigenvalue weighted by Gasteiger charge is 2.24. The summed E-state index contributed by atoms with van der Waals surface area (Å²) in [6.45, 7) is 4.90. The number of hydrogen-bond acceptors (Lipinski definition) is 7. The quantitative estimate of drug-likeness (QED) is 0.749. The molecule has 0 aliphatic carbocycles. The lowest BCUT2D eigenvalue weighted by molar-refractivity contribution is 0.0537. The molecule has 0 spiro atoms. The molecule has 0 radical (unpaired) electrons. The second-order valence-electron chi connectivity index (χ2n) is 6.23. The van der Waals surface area contributed by atoms with E-state index in [4.69, 9.17) is 14.6 Å². The SMILES string of the molecule is Cc1c2c(nn1C1CCCOC1)OCCCNc1nc(ncc1Br)N2. The first-order valence-electron chi connectivity index (χ1n) is 8.55. The predicted molar refractivity (Wildman–Crippen MR) is 97.7 cm³/mol. The number of ether oxygens (including phenoxy) is 2. The van der Waals surface area contributed by atoms with Crippen LogP contribution in [0.3, 0.4) is 0 Å². The first kappa shape index (κ1) is 16.6. The van der Waals surface area contributed by atoms with E-state index in [1.54, 1.807) is 6.20 Å². The summed E-state index contributed by atoms with van der Waals surface area (Å²) in [5.41, 5.74) is 1.83. The van der Waals surface area contributed by atoms with Gasteiger partial charge >= 0.3 is 0 Å². The summed E-state index contributed by atoms with van der Waals surface area (Å²) in [6, 6.07) is 0.239. The zero-order chi connectivity index (χ0) is 17.2. The summed E-state index contributed by atoms with van der Waals surface area (Å²) in [4.78, 5) is 8.89. The van der Waals surface area contributed by atoms with Crippen LogP contribution in [0.15, 0.2) is 10.7 Å². The maximum absolute atomic E-state index is 5.94. The van der Waals surface area contributed by atoms with E-state index in [1.807, 2.05) is 11.6 Å². The molecule has 1 unspecified atom stereocenters. The van der Waals surface area contributed by atoms with Gasteiger partial charge in [-0.05, 0) is 42.1 Å². The van der Waals surface area contributed by atoms with Crippen LogP contribution in [0.5, 0.6) is 5.88 Å². The molecule has 9 heteroatoms. The topological polar surface area (TPSA) is 86.1 Å². The number of nitrogens with one attached hydrogen (secondary N) is 2. The number of nitrogens with zero attached hydrogens (tertiary/aromatic N) is 4. The third-order valence-corrected chi connectivity index (χ3v) is 5.01. The van der Waals surface area contributed by atoms with E-state index in [0.717, 1.165) is 54.1 Å². The van der Waals surface area contributed by atoms with E-state index >= 15 is 0 Å². The van der Waals surface area contributed by atoms with Crippen LogP contribution < -0.4 is 15.4 Å². The molecule has 0 saturated carbocycles. The molecule has 4 rings (SSSR count). The summed E-state index contributed by atoms with van der Waals surface area (Å²) in [6.07, 6.45) is 4.70. The summed E-state index contributed by atoms with van der Waals surface area (Å²) < 4.78 is 14.4. The van der Waals surface area contributed by atoms with Gasteiger partial charge in [-0.3, -0.25) is 4.68 Å². The molecule has 25 heavy (non-hydrogen) atoms. The first-order chi connectivity index (χ1) is 12.2. The van der Waals surface area contributed by atoms with Gasteiger partial charge in [-0.1, -0.05) is 0 Å². The Bertz CT molecular complexity index is 759. The molecule has 0 aromatic carbocycles. The maximum atomic E-state index is 5.94. The van der Waals surface area contributed by atoms with E-state index in [-0.39, 0.29) is 6.04 Å². The van der Waals surface area contributed by atoms with Crippen molar-refractivity contribution in [1.82, 2.24) is 19.7 Å². The number of anilines is 3. The molecule has 1 fully saturated rings. The van der Waals surface area contributed by atoms with Crippen LogP contribution in [0.2, 0.25) is 0 Å². The van der Waals surface area contributed by atoms with Crippen LogP contribution >= 0.6 is 15.9 Å². The molecule has 2 bridgehead atoms. The van der Waals surface area contributed by atoms with Gasteiger partial charge in [-0.25, -0.2) is 4.98 Å². The van der Waals surface area contributed by atoms with Crippen molar-refractivity contribution in [3.05, 3.63) is 16.4 Å². The molecule has 4 heterocycles. The van der Waals surface area contributed by atoms with Gasteiger partial charge in [-0.15, -0.1) is 5.10 Å². The fourth-order valence-corrected chi connectivity index (χ4v) is 3.45. The minimum Gasteiger partial charge on any atom is -0.475 e. The Morgan fingerprint density at radius 2 is 2.24 bits per heavy atom. The Morgan fingerprint density at radius 3 is 3.08 bits per heavy atom. The molecular weight excluding hydrogens is 388 g/mol. The van der Waals surface area contributed by atoms with E-state index < -0.39 is 0 Å². The summed E-state index contributed by atoms with van der Waals surface area (Å²) in [5.74, 6) is 1.88. The van der Waals surface area contributed by atoms with E-state index in [1.165, 1.54) is 0 Å². The molecule has 2 aliphatic heterocycles. The van der Waals surface area contributed by atoms with Crippen molar-refractivity contribution in [2.75, 3.05) is 37.0 Å². The molecule has 2 aromatic rings. The largest absolute Gasteiger partial charge is 0.475 e. The number of halogens is 1. The van der Waals surface area contributed by atoms with Crippen LogP contribution in [0, 0.1) is 6.92 Å². The average molecular weight is 409 g/mol. The van der Waals surface area contributed by atoms with Gasteiger partial charge in [0.05, 0.1) is 29.4 Å². The van der Waals surface area contributed by atoms with Crippen LogP contribution in [-0.4, -0.2) is 46.1 Å². The molecule has 2 N–H and O–H groups in total. The van der Waals surface area contributed by atoms with Crippen molar-refractivity contribution in [3.63, 3.8) is 0 Å². The zero-order valence-corrected chi connectivity index (χ0v) is 15.7. The standard InChI is InChI=1S/C16H21BrN6O2/c1-10-13-15(22-23(10)11-4-2-6-24-9-11)25-7-3-5-18-14-12(17)8-19-16(20-13)21-14/h8,11H,2-7,9H2,1H3,(H2,18,19,20,21). The first-order valence-corrected chi connectivity index (χ1v) is 9.35. The Labute approximate surface area is 154 Å². The van der Waals surface area contributed by atoms with Gasteiger partial charge in [-0.2, -0.15) is 4.98 Å². The number of hydrogen-bond donors (Lipinski definition) is 2. The molecule has 8 nitrogen and oxygen atoms in total. The highest BCUT2D eigenvalue weighted by molar-refractivity contribution is 9.10. The van der Waals surface area contributed by atoms with Crippen LogP contribution in [-0.2, 0) is 4.74 Å². The summed E-state index contributed by atoms with van der Waals surface area (Å²) >= 11 is 3.47. The molecule has 0 amide bonds. The lowest BCUT2D eigenvalue weighted by Crippen LogP contribution is -2.23. The summed E-state index contributed by atoms with van der Waals surface area (Å²) in [7, 11) is 0. The van der Waals surface area contributed by atoms with Crippen molar-refractivity contribution >= 4 is 33.4 Å². The summed E-state index contributed by atoms with van der Waals surface area (Å²) in [5, 5.41) is 11.3. The van der Waals surface area contributed by atoms with Crippen molar-refractivity contribution < 1.29 is 9.47 Å². The van der Waals surface area contributed by atoms with Crippen molar-refractivity contribution in [3.8, 4) is 5.88 Å². The predicted octanol–water partition coefficient (Wildman–Crippen LogP) is 3.03. The minimum absolute atomic E-state index is 0.239. The average Bonchev–Trinajstić information content (AvgIpc) is 2.92. The van der Waals surface area contributed by atoms with Crippen LogP contribution in [0.25, 0.3) is 0 Å². The van der Waals surface area contributed by atoms with E-state index in [9.17, 15) is 0 Å². The number of aromatic nitrogens is 4. The van der Waals surface area contributed by atoms with Crippen LogP contribution in [0.1, 0.15) is 31.0 Å². The fourth-order valence-electron chi connectivity index (χ4n) is 3.12. The van der Waals surface area contributed by atoms with E-state index in [2.05, 4.69) is 36.5 Å². The molecular formula is C16H21BrN6O2. The van der Waals surface area contributed by atoms with Gasteiger partial charge in [0.1, 0.15) is 11.5 Å². The molecule has 1 atom stereocenters. The molecule has 1 saturated heterocycles. The van der Waals surface area contributed by atoms with Crippen molar-refractivity contribution in [2.24, 2.45) is 0 Å². The van der Waals surface area contributed by atoms with Gasteiger partial charge in [0, 0.05) is 19.3 Å². The number of rotatable bonds is 1. The van der Waals surface area contributed by atoms with E-state index in [0.29, 0.717) is 25.0 Å². The Kier molecular flexibility index (Phi) is 4.76. The van der Waals surface area contributed by atoms with Gasteiger partial charge in [0.2, 0.25) is 5.95 Å². The smallest absolute Gasteiger partial charge is 0.257 e. The number of fused-ring (bicyclic) bond motifs is 3. The highest BCUT2D eigenvalue weighted by Crippen LogP contribution is 2.34. The molecule has 2 aromatic heterocycles. The fraction of sp³-hybridized carbons (Fsp3) is 0.562. The second-order valence-corrected chi connectivity index (χ2v) is 7.08. The van der Waals surface area contributed by atoms with Gasteiger partial charge in [0.25, 0.3) is 5.88 Å². The lowest BCUT2D eigenvalue weighted by atomic mass is 10.1. The third kappa shape index (κ3) is 3.43. The third-order valence-electron chi connectivity index (χ3n) is 4.43. The minimum atomic E-state index is 0.239. The van der Waals surface area contributed by atoms with Crippen LogP contribution in [0.4, 0.5) is 17.5 Å². The highest BCUT2D eigenvalue weighted by atomic mass is 79.9.